The van der Waals surface area contributed by atoms with Crippen molar-refractivity contribution < 1.29 is 0 Å². The zero-order valence-electron chi connectivity index (χ0n) is 19.5. The number of aromatic amines is 2. The van der Waals surface area contributed by atoms with Crippen LogP contribution < -0.4 is 5.32 Å². The van der Waals surface area contributed by atoms with E-state index in [4.69, 9.17) is 5.26 Å². The Labute approximate surface area is 203 Å². The zero-order chi connectivity index (χ0) is 23.6. The van der Waals surface area contributed by atoms with Crippen LogP contribution >= 0.6 is 0 Å². The molecule has 1 fully saturated rings. The quantitative estimate of drug-likeness (QED) is 0.340. The molecule has 0 saturated carbocycles. The third-order valence-corrected chi connectivity index (χ3v) is 7.03. The molecule has 0 spiro atoms. The Morgan fingerprint density at radius 2 is 1.86 bits per heavy atom. The zero-order valence-corrected chi connectivity index (χ0v) is 19.5. The van der Waals surface area contributed by atoms with Crippen molar-refractivity contribution in [3.63, 3.8) is 0 Å². The lowest BCUT2D eigenvalue weighted by molar-refractivity contribution is 0.190. The van der Waals surface area contributed by atoms with Gasteiger partial charge in [0, 0.05) is 47.8 Å². The average Bonchev–Trinajstić information content (AvgIpc) is 3.53. The van der Waals surface area contributed by atoms with E-state index in [0.29, 0.717) is 11.6 Å². The van der Waals surface area contributed by atoms with E-state index in [1.165, 1.54) is 16.5 Å². The van der Waals surface area contributed by atoms with Gasteiger partial charge in [0.15, 0.2) is 0 Å². The van der Waals surface area contributed by atoms with Crippen LogP contribution in [0.4, 0.5) is 0 Å². The highest BCUT2D eigenvalue weighted by Crippen LogP contribution is 2.30. The van der Waals surface area contributed by atoms with Crippen LogP contribution in [0.25, 0.3) is 33.2 Å². The Balaban J connectivity index is 1.14. The van der Waals surface area contributed by atoms with E-state index in [0.717, 1.165) is 66.8 Å². The standard InChI is InChI=1S/C28H27N7/c29-16-20-4-5-23-26(14-20)33-34-28(23)27-15-24-21(2-1-3-25(24)32-27)17-31-22-8-12-35(13-9-22)18-19-6-10-30-11-7-19/h1-7,10-11,14-15,22,31-32H,8-9,12-13,17-18H2,(H,33,34). The molecule has 0 aliphatic carbocycles. The maximum Gasteiger partial charge on any atom is 0.116 e. The smallest absolute Gasteiger partial charge is 0.116 e. The highest BCUT2D eigenvalue weighted by Gasteiger charge is 2.19. The van der Waals surface area contributed by atoms with E-state index in [-0.39, 0.29) is 0 Å². The first-order valence-electron chi connectivity index (χ1n) is 12.1. The maximum absolute atomic E-state index is 9.16. The van der Waals surface area contributed by atoms with Gasteiger partial charge in [-0.15, -0.1) is 0 Å². The minimum Gasteiger partial charge on any atom is -0.353 e. The second kappa shape index (κ2) is 9.34. The minimum absolute atomic E-state index is 0.530. The maximum atomic E-state index is 9.16. The fourth-order valence-corrected chi connectivity index (χ4v) is 5.09. The fourth-order valence-electron chi connectivity index (χ4n) is 5.09. The van der Waals surface area contributed by atoms with E-state index < -0.39 is 0 Å². The average molecular weight is 462 g/mol. The van der Waals surface area contributed by atoms with Gasteiger partial charge in [-0.2, -0.15) is 10.4 Å². The van der Waals surface area contributed by atoms with E-state index in [1.54, 1.807) is 0 Å². The topological polar surface area (TPSA) is 96.4 Å². The molecule has 1 aliphatic rings. The second-order valence-corrected chi connectivity index (χ2v) is 9.29. The molecular formula is C28H27N7. The van der Waals surface area contributed by atoms with Crippen molar-refractivity contribution in [1.29, 1.82) is 5.26 Å². The predicted octanol–water partition coefficient (Wildman–Crippen LogP) is 4.73. The van der Waals surface area contributed by atoms with Gasteiger partial charge in [0.05, 0.1) is 22.8 Å². The van der Waals surface area contributed by atoms with Crippen molar-refractivity contribution in [3.8, 4) is 17.5 Å². The lowest BCUT2D eigenvalue weighted by atomic mass is 10.0. The first-order valence-corrected chi connectivity index (χ1v) is 12.1. The number of benzene rings is 2. The SMILES string of the molecule is N#Cc1ccc2c(-c3cc4c(CNC5CCN(Cc6ccncc6)CC5)cccc4[nH]3)n[nH]c2c1. The van der Waals surface area contributed by atoms with Gasteiger partial charge in [-0.3, -0.25) is 15.0 Å². The first kappa shape index (κ1) is 21.5. The van der Waals surface area contributed by atoms with Crippen LogP contribution in [0.2, 0.25) is 0 Å². The van der Waals surface area contributed by atoms with E-state index in [1.807, 2.05) is 30.6 Å². The Hall–Kier alpha value is -3.99. The van der Waals surface area contributed by atoms with Gasteiger partial charge >= 0.3 is 0 Å². The van der Waals surface area contributed by atoms with Gasteiger partial charge in [0.2, 0.25) is 0 Å². The predicted molar refractivity (Wildman–Crippen MR) is 137 cm³/mol. The van der Waals surface area contributed by atoms with Crippen molar-refractivity contribution in [1.82, 2.24) is 30.4 Å². The summed E-state index contributed by atoms with van der Waals surface area (Å²) in [5.74, 6) is 0. The number of hydrogen-bond acceptors (Lipinski definition) is 5. The van der Waals surface area contributed by atoms with Crippen LogP contribution in [0.1, 0.15) is 29.5 Å². The number of piperidine rings is 1. The summed E-state index contributed by atoms with van der Waals surface area (Å²) in [4.78, 5) is 10.2. The monoisotopic (exact) mass is 461 g/mol. The number of nitriles is 1. The van der Waals surface area contributed by atoms with Crippen molar-refractivity contribution >= 4 is 21.8 Å². The normalized spacial score (nSPS) is 15.1. The Morgan fingerprint density at radius 1 is 1.00 bits per heavy atom. The molecule has 7 heteroatoms. The molecule has 0 atom stereocenters. The van der Waals surface area contributed by atoms with Crippen LogP contribution in [0, 0.1) is 11.3 Å². The highest BCUT2D eigenvalue weighted by molar-refractivity contribution is 5.96. The number of nitrogens with one attached hydrogen (secondary N) is 3. The second-order valence-electron chi connectivity index (χ2n) is 9.29. The molecule has 3 aromatic heterocycles. The molecule has 1 aliphatic heterocycles. The number of nitrogens with zero attached hydrogens (tertiary/aromatic N) is 4. The van der Waals surface area contributed by atoms with Gasteiger partial charge in [0.1, 0.15) is 5.69 Å². The summed E-state index contributed by atoms with van der Waals surface area (Å²) in [6.45, 7) is 4.06. The lowest BCUT2D eigenvalue weighted by Crippen LogP contribution is -2.41. The van der Waals surface area contributed by atoms with Gasteiger partial charge in [-0.25, -0.2) is 0 Å². The Morgan fingerprint density at radius 3 is 2.69 bits per heavy atom. The minimum atomic E-state index is 0.530. The molecule has 35 heavy (non-hydrogen) atoms. The third kappa shape index (κ3) is 4.42. The Kier molecular flexibility index (Phi) is 5.75. The molecule has 7 nitrogen and oxygen atoms in total. The third-order valence-electron chi connectivity index (χ3n) is 7.03. The molecule has 5 aromatic rings. The number of pyridine rings is 1. The molecule has 4 heterocycles. The summed E-state index contributed by atoms with van der Waals surface area (Å²) in [5, 5.41) is 22.8. The van der Waals surface area contributed by atoms with Crippen LogP contribution in [-0.4, -0.2) is 44.2 Å². The fraction of sp³-hybridized carbons (Fsp3) is 0.250. The number of hydrogen-bond donors (Lipinski definition) is 3. The summed E-state index contributed by atoms with van der Waals surface area (Å²) >= 11 is 0. The summed E-state index contributed by atoms with van der Waals surface area (Å²) in [6, 6.07) is 21.2. The van der Waals surface area contributed by atoms with Crippen LogP contribution in [-0.2, 0) is 13.1 Å². The van der Waals surface area contributed by atoms with Gasteiger partial charge in [0.25, 0.3) is 0 Å². The number of rotatable bonds is 6. The number of aromatic nitrogens is 4. The highest BCUT2D eigenvalue weighted by atomic mass is 15.1. The first-order chi connectivity index (χ1) is 17.3. The van der Waals surface area contributed by atoms with E-state index >= 15 is 0 Å². The van der Waals surface area contributed by atoms with Crippen molar-refractivity contribution in [2.24, 2.45) is 0 Å². The molecule has 0 bridgehead atoms. The number of likely N-dealkylation sites (tertiary alicyclic amines) is 1. The van der Waals surface area contributed by atoms with Crippen molar-refractivity contribution in [3.05, 3.63) is 83.7 Å². The summed E-state index contributed by atoms with van der Waals surface area (Å²) in [6.07, 6.45) is 6.05. The molecule has 0 radical (unpaired) electrons. The molecule has 0 unspecified atom stereocenters. The largest absolute Gasteiger partial charge is 0.353 e. The number of H-pyrrole nitrogens is 2. The van der Waals surface area contributed by atoms with Gasteiger partial charge < -0.3 is 10.3 Å². The van der Waals surface area contributed by atoms with Crippen molar-refractivity contribution in [2.75, 3.05) is 13.1 Å². The van der Waals surface area contributed by atoms with Crippen LogP contribution in [0.5, 0.6) is 0 Å². The molecule has 3 N–H and O–H groups in total. The van der Waals surface area contributed by atoms with Crippen LogP contribution in [0.3, 0.4) is 0 Å². The molecule has 0 amide bonds. The molecule has 174 valence electrons. The number of fused-ring (bicyclic) bond motifs is 2. The Bertz CT molecular complexity index is 1500. The molecular weight excluding hydrogens is 434 g/mol. The molecule has 6 rings (SSSR count). The molecule has 1 saturated heterocycles. The molecule has 2 aromatic carbocycles. The van der Waals surface area contributed by atoms with Crippen molar-refractivity contribution in [2.45, 2.75) is 32.0 Å². The lowest BCUT2D eigenvalue weighted by Gasteiger charge is -2.32. The van der Waals surface area contributed by atoms with E-state index in [2.05, 4.69) is 72.8 Å². The van der Waals surface area contributed by atoms with Gasteiger partial charge in [-0.05, 0) is 79.5 Å². The summed E-state index contributed by atoms with van der Waals surface area (Å²) in [7, 11) is 0. The van der Waals surface area contributed by atoms with Gasteiger partial charge in [-0.1, -0.05) is 12.1 Å². The van der Waals surface area contributed by atoms with Crippen LogP contribution in [0.15, 0.2) is 67.0 Å². The summed E-state index contributed by atoms with van der Waals surface area (Å²) < 4.78 is 0. The summed E-state index contributed by atoms with van der Waals surface area (Å²) in [5.41, 5.74) is 7.08. The van der Waals surface area contributed by atoms with E-state index in [9.17, 15) is 0 Å².